The number of allylic oxidation sites excluding steroid dienone is 1. The van der Waals surface area contributed by atoms with E-state index < -0.39 is 23.4 Å². The molecule has 0 bridgehead atoms. The number of benzene rings is 4. The van der Waals surface area contributed by atoms with Crippen LogP contribution in [-0.4, -0.2) is 16.2 Å². The van der Waals surface area contributed by atoms with Gasteiger partial charge in [-0.15, -0.1) is 0 Å². The van der Waals surface area contributed by atoms with Gasteiger partial charge in [-0.2, -0.15) is 0 Å². The maximum atomic E-state index is 14.1. The molecule has 0 aliphatic heterocycles. The lowest BCUT2D eigenvalue weighted by molar-refractivity contribution is 0.0697. The minimum absolute atomic E-state index is 0.0763. The number of carboxylic acid groups (broad SMARTS) is 1. The van der Waals surface area contributed by atoms with E-state index in [1.807, 2.05) is 36.4 Å². The van der Waals surface area contributed by atoms with Crippen molar-refractivity contribution in [3.8, 4) is 11.5 Å². The summed E-state index contributed by atoms with van der Waals surface area (Å²) in [6.07, 6.45) is 5.61. The van der Waals surface area contributed by atoms with Gasteiger partial charge in [0.15, 0.2) is 17.4 Å². The highest BCUT2D eigenvalue weighted by Crippen LogP contribution is 2.28. The number of aromatic hydroxyl groups is 1. The number of phenolic OH excluding ortho intramolecular Hbond substituents is 1. The van der Waals surface area contributed by atoms with Crippen molar-refractivity contribution in [1.82, 2.24) is 0 Å². The highest BCUT2D eigenvalue weighted by atomic mass is 19.1. The van der Waals surface area contributed by atoms with Gasteiger partial charge >= 0.3 is 5.97 Å². The van der Waals surface area contributed by atoms with Crippen LogP contribution in [0, 0.1) is 17.6 Å². The lowest BCUT2D eigenvalue weighted by Crippen LogP contribution is -2.10. The van der Waals surface area contributed by atoms with Crippen LogP contribution in [0.1, 0.15) is 65.4 Å². The predicted octanol–water partition coefficient (Wildman–Crippen LogP) is 8.75. The molecule has 218 valence electrons. The van der Waals surface area contributed by atoms with Crippen molar-refractivity contribution in [1.29, 1.82) is 0 Å². The smallest absolute Gasteiger partial charge is 0.335 e. The van der Waals surface area contributed by atoms with E-state index in [-0.39, 0.29) is 16.9 Å². The van der Waals surface area contributed by atoms with E-state index in [9.17, 15) is 18.7 Å². The van der Waals surface area contributed by atoms with Gasteiger partial charge in [-0.1, -0.05) is 87.5 Å². The fraction of sp³-hybridized carbons (Fsp3) is 0.250. The van der Waals surface area contributed by atoms with E-state index in [4.69, 9.17) is 9.84 Å². The van der Waals surface area contributed by atoms with Crippen LogP contribution in [0.3, 0.4) is 0 Å². The van der Waals surface area contributed by atoms with Crippen molar-refractivity contribution in [2.45, 2.75) is 52.1 Å². The van der Waals surface area contributed by atoms with Gasteiger partial charge in [0.25, 0.3) is 0 Å². The van der Waals surface area contributed by atoms with Gasteiger partial charge in [0.2, 0.25) is 0 Å². The molecule has 4 nitrogen and oxygen atoms in total. The first-order valence-corrected chi connectivity index (χ1v) is 14.0. The van der Waals surface area contributed by atoms with Crippen molar-refractivity contribution in [2.24, 2.45) is 5.92 Å². The SMILES string of the molecule is CC(C)(C)c1ccc(COc2ccccc2/C=C/[C@H](CCc2ccc(C(=O)O)cc2)Cc2cc(F)c(O)c(F)c2)cc1. The molecule has 2 N–H and O–H groups in total. The highest BCUT2D eigenvalue weighted by molar-refractivity contribution is 5.87. The van der Waals surface area contributed by atoms with E-state index in [0.717, 1.165) is 34.6 Å². The Morgan fingerprint density at radius 1 is 0.881 bits per heavy atom. The van der Waals surface area contributed by atoms with Crippen LogP contribution in [0.25, 0.3) is 6.08 Å². The van der Waals surface area contributed by atoms with Crippen LogP contribution in [0.5, 0.6) is 11.5 Å². The number of para-hydroxylation sites is 1. The number of hydrogen-bond acceptors (Lipinski definition) is 3. The molecule has 0 unspecified atom stereocenters. The van der Waals surface area contributed by atoms with E-state index >= 15 is 0 Å². The fourth-order valence-corrected chi connectivity index (χ4v) is 4.72. The second-order valence-corrected chi connectivity index (χ2v) is 11.5. The van der Waals surface area contributed by atoms with Crippen LogP contribution < -0.4 is 4.74 Å². The Kier molecular flexibility index (Phi) is 9.79. The van der Waals surface area contributed by atoms with Crippen molar-refractivity contribution >= 4 is 12.0 Å². The second-order valence-electron chi connectivity index (χ2n) is 11.5. The van der Waals surface area contributed by atoms with E-state index in [2.05, 4.69) is 45.0 Å². The Hall–Kier alpha value is -4.45. The standard InChI is InChI=1S/C36H36F2O4/c1-36(2,3)30-18-13-26(14-19-30)23-42-33-7-5-4-6-28(33)15-12-25(20-27-21-31(37)34(39)32(38)22-27)9-8-24-10-16-29(17-11-24)35(40)41/h4-7,10-19,21-22,25,39H,8-9,20,23H2,1-3H3,(H,40,41)/b15-12+/t25-/m0/s1. The van der Waals surface area contributed by atoms with Gasteiger partial charge in [0.05, 0.1) is 5.56 Å². The summed E-state index contributed by atoms with van der Waals surface area (Å²) in [7, 11) is 0. The summed E-state index contributed by atoms with van der Waals surface area (Å²) in [6.45, 7) is 6.95. The molecular weight excluding hydrogens is 534 g/mol. The van der Waals surface area contributed by atoms with Crippen LogP contribution in [0.4, 0.5) is 8.78 Å². The number of rotatable bonds is 11. The number of carboxylic acids is 1. The molecule has 4 aromatic rings. The van der Waals surface area contributed by atoms with Gasteiger partial charge in [0.1, 0.15) is 12.4 Å². The molecule has 6 heteroatoms. The third-order valence-corrected chi connectivity index (χ3v) is 7.26. The van der Waals surface area contributed by atoms with E-state index in [1.165, 1.54) is 5.56 Å². The number of halogens is 2. The Balaban J connectivity index is 1.51. The van der Waals surface area contributed by atoms with Crippen LogP contribution in [-0.2, 0) is 24.9 Å². The summed E-state index contributed by atoms with van der Waals surface area (Å²) in [5.41, 5.74) is 4.88. The molecule has 0 heterocycles. The Bertz CT molecular complexity index is 1510. The molecule has 4 aromatic carbocycles. The summed E-state index contributed by atoms with van der Waals surface area (Å²) >= 11 is 0. The number of aryl methyl sites for hydroxylation is 1. The van der Waals surface area contributed by atoms with Crippen LogP contribution in [0.15, 0.2) is 91.0 Å². The molecule has 0 radical (unpaired) electrons. The molecule has 0 saturated heterocycles. The summed E-state index contributed by atoms with van der Waals surface area (Å²) < 4.78 is 34.3. The molecule has 4 rings (SSSR count). The number of phenols is 1. The summed E-state index contributed by atoms with van der Waals surface area (Å²) in [5, 5.41) is 18.7. The first kappa shape index (κ1) is 30.5. The average molecular weight is 571 g/mol. The first-order chi connectivity index (χ1) is 20.0. The minimum Gasteiger partial charge on any atom is -0.503 e. The van der Waals surface area contributed by atoms with Crippen molar-refractivity contribution in [3.63, 3.8) is 0 Å². The normalized spacial score (nSPS) is 12.4. The maximum Gasteiger partial charge on any atom is 0.335 e. The van der Waals surface area contributed by atoms with Crippen LogP contribution in [0.2, 0.25) is 0 Å². The molecule has 0 aromatic heterocycles. The molecule has 0 spiro atoms. The zero-order valence-electron chi connectivity index (χ0n) is 24.1. The molecular formula is C36H36F2O4. The van der Waals surface area contributed by atoms with Gasteiger partial charge in [-0.25, -0.2) is 13.6 Å². The number of hydrogen-bond donors (Lipinski definition) is 2. The molecule has 0 aliphatic rings. The topological polar surface area (TPSA) is 66.8 Å². The van der Waals surface area contributed by atoms with Gasteiger partial charge in [0, 0.05) is 5.56 Å². The quantitative estimate of drug-likeness (QED) is 0.189. The van der Waals surface area contributed by atoms with Crippen LogP contribution >= 0.6 is 0 Å². The Labute approximate surface area is 245 Å². The lowest BCUT2D eigenvalue weighted by atomic mass is 9.87. The lowest BCUT2D eigenvalue weighted by Gasteiger charge is -2.19. The van der Waals surface area contributed by atoms with Crippen molar-refractivity contribution in [2.75, 3.05) is 0 Å². The van der Waals surface area contributed by atoms with E-state index in [0.29, 0.717) is 31.4 Å². The average Bonchev–Trinajstić information content (AvgIpc) is 2.96. The molecule has 42 heavy (non-hydrogen) atoms. The largest absolute Gasteiger partial charge is 0.503 e. The zero-order chi connectivity index (χ0) is 30.3. The molecule has 1 atom stereocenters. The number of aromatic carboxylic acids is 1. The van der Waals surface area contributed by atoms with Gasteiger partial charge in [-0.05, 0) is 83.2 Å². The number of ether oxygens (including phenoxy) is 1. The van der Waals surface area contributed by atoms with Crippen molar-refractivity contribution in [3.05, 3.63) is 136 Å². The predicted molar refractivity (Wildman–Crippen MR) is 162 cm³/mol. The maximum absolute atomic E-state index is 14.1. The van der Waals surface area contributed by atoms with Gasteiger partial charge < -0.3 is 14.9 Å². The first-order valence-electron chi connectivity index (χ1n) is 14.0. The monoisotopic (exact) mass is 570 g/mol. The second kappa shape index (κ2) is 13.5. The molecule has 0 amide bonds. The minimum atomic E-state index is -0.994. The zero-order valence-corrected chi connectivity index (χ0v) is 24.1. The number of carbonyl (C=O) groups is 1. The third kappa shape index (κ3) is 8.29. The molecule has 0 saturated carbocycles. The van der Waals surface area contributed by atoms with Crippen molar-refractivity contribution < 1.29 is 28.5 Å². The summed E-state index contributed by atoms with van der Waals surface area (Å²) in [6, 6.07) is 25.1. The third-order valence-electron chi connectivity index (χ3n) is 7.26. The van der Waals surface area contributed by atoms with Gasteiger partial charge in [-0.3, -0.25) is 0 Å². The summed E-state index contributed by atoms with van der Waals surface area (Å²) in [5.74, 6) is -3.34. The molecule has 0 fully saturated rings. The Morgan fingerprint density at radius 3 is 2.12 bits per heavy atom. The highest BCUT2D eigenvalue weighted by Gasteiger charge is 2.15. The summed E-state index contributed by atoms with van der Waals surface area (Å²) in [4.78, 5) is 11.2. The fourth-order valence-electron chi connectivity index (χ4n) is 4.72. The Morgan fingerprint density at radius 2 is 1.50 bits per heavy atom. The van der Waals surface area contributed by atoms with E-state index in [1.54, 1.807) is 24.3 Å². The molecule has 0 aliphatic carbocycles.